The van der Waals surface area contributed by atoms with Gasteiger partial charge in [0.15, 0.2) is 5.78 Å². The standard InChI is InChI=1S/C20H22N4O/c25-20(14-24-6-2-1-3-7-24)10-19-9-17-8-15(18-12-22-23-13-18)4-5-16(17)11-21-19/h4-5,8-9,11-13H,1-3,6-7,10,14H2,(H,22,23). The third-order valence-electron chi connectivity index (χ3n) is 4.84. The van der Waals surface area contributed by atoms with Gasteiger partial charge in [0.05, 0.1) is 19.2 Å². The van der Waals surface area contributed by atoms with E-state index in [4.69, 9.17) is 0 Å². The molecule has 5 heteroatoms. The van der Waals surface area contributed by atoms with E-state index in [0.717, 1.165) is 40.7 Å². The fraction of sp³-hybridized carbons (Fsp3) is 0.350. The van der Waals surface area contributed by atoms with Crippen LogP contribution in [-0.4, -0.2) is 45.5 Å². The number of H-pyrrole nitrogens is 1. The van der Waals surface area contributed by atoms with Gasteiger partial charge in [0.25, 0.3) is 0 Å². The summed E-state index contributed by atoms with van der Waals surface area (Å²) < 4.78 is 0. The first kappa shape index (κ1) is 16.0. The van der Waals surface area contributed by atoms with Gasteiger partial charge in [-0.15, -0.1) is 0 Å². The van der Waals surface area contributed by atoms with Crippen molar-refractivity contribution in [2.45, 2.75) is 25.7 Å². The van der Waals surface area contributed by atoms with Crippen LogP contribution < -0.4 is 0 Å². The van der Waals surface area contributed by atoms with Gasteiger partial charge in [-0.05, 0) is 49.0 Å². The SMILES string of the molecule is O=C(Cc1cc2cc(-c3cn[nH]c3)ccc2cn1)CN1CCCCC1. The average molecular weight is 334 g/mol. The molecule has 4 rings (SSSR count). The van der Waals surface area contributed by atoms with Crippen LogP contribution in [0.2, 0.25) is 0 Å². The molecule has 1 N–H and O–H groups in total. The van der Waals surface area contributed by atoms with Gasteiger partial charge in [-0.25, -0.2) is 0 Å². The van der Waals surface area contributed by atoms with Crippen LogP contribution in [-0.2, 0) is 11.2 Å². The van der Waals surface area contributed by atoms with Crippen LogP contribution in [0.4, 0.5) is 0 Å². The summed E-state index contributed by atoms with van der Waals surface area (Å²) in [4.78, 5) is 19.1. The van der Waals surface area contributed by atoms with E-state index in [0.29, 0.717) is 13.0 Å². The number of pyridine rings is 1. The Morgan fingerprint density at radius 1 is 1.04 bits per heavy atom. The molecule has 0 bridgehead atoms. The van der Waals surface area contributed by atoms with Crippen molar-refractivity contribution >= 4 is 16.6 Å². The molecule has 1 aromatic carbocycles. The third-order valence-corrected chi connectivity index (χ3v) is 4.84. The van der Waals surface area contributed by atoms with Crippen LogP contribution in [0.5, 0.6) is 0 Å². The van der Waals surface area contributed by atoms with E-state index in [2.05, 4.69) is 38.3 Å². The highest BCUT2D eigenvalue weighted by atomic mass is 16.1. The second-order valence-corrected chi connectivity index (χ2v) is 6.78. The second-order valence-electron chi connectivity index (χ2n) is 6.78. The minimum atomic E-state index is 0.250. The number of benzene rings is 1. The molecule has 2 aromatic heterocycles. The normalized spacial score (nSPS) is 15.5. The number of hydrogen-bond acceptors (Lipinski definition) is 4. The van der Waals surface area contributed by atoms with E-state index in [-0.39, 0.29) is 5.78 Å². The zero-order valence-electron chi connectivity index (χ0n) is 14.2. The summed E-state index contributed by atoms with van der Waals surface area (Å²) in [5.74, 6) is 0.250. The number of nitrogens with one attached hydrogen (secondary N) is 1. The molecule has 128 valence electrons. The fourth-order valence-corrected chi connectivity index (χ4v) is 3.50. The molecule has 1 aliphatic rings. The number of Topliss-reactive ketones (excluding diaryl/α,β-unsaturated/α-hetero) is 1. The van der Waals surface area contributed by atoms with Gasteiger partial charge in [-0.2, -0.15) is 5.10 Å². The molecular formula is C20H22N4O. The quantitative estimate of drug-likeness (QED) is 0.778. The fourth-order valence-electron chi connectivity index (χ4n) is 3.50. The second kappa shape index (κ2) is 7.15. The number of piperidine rings is 1. The van der Waals surface area contributed by atoms with Crippen LogP contribution in [0.15, 0.2) is 42.9 Å². The average Bonchev–Trinajstić information content (AvgIpc) is 3.16. The predicted octanol–water partition coefficient (Wildman–Crippen LogP) is 3.22. The number of nitrogens with zero attached hydrogens (tertiary/aromatic N) is 3. The highest BCUT2D eigenvalue weighted by molar-refractivity contribution is 5.88. The Bertz CT molecular complexity index is 867. The minimum absolute atomic E-state index is 0.250. The van der Waals surface area contributed by atoms with Crippen molar-refractivity contribution in [1.82, 2.24) is 20.1 Å². The number of carbonyl (C=O) groups excluding carboxylic acids is 1. The molecule has 5 nitrogen and oxygen atoms in total. The van der Waals surface area contributed by atoms with Gasteiger partial charge >= 0.3 is 0 Å². The number of aromatic nitrogens is 3. The van der Waals surface area contributed by atoms with Crippen LogP contribution in [0.1, 0.15) is 25.0 Å². The molecule has 0 spiro atoms. The van der Waals surface area contributed by atoms with Crippen LogP contribution in [0.3, 0.4) is 0 Å². The van der Waals surface area contributed by atoms with E-state index >= 15 is 0 Å². The highest BCUT2D eigenvalue weighted by Crippen LogP contribution is 2.24. The molecule has 3 aromatic rings. The first-order valence-electron chi connectivity index (χ1n) is 8.90. The Labute approximate surface area is 147 Å². The Hall–Kier alpha value is -2.53. The third kappa shape index (κ3) is 3.77. The molecule has 0 atom stereocenters. The molecule has 25 heavy (non-hydrogen) atoms. The number of fused-ring (bicyclic) bond motifs is 1. The summed E-state index contributed by atoms with van der Waals surface area (Å²) in [5, 5.41) is 9.03. The summed E-state index contributed by atoms with van der Waals surface area (Å²) in [6.45, 7) is 2.64. The lowest BCUT2D eigenvalue weighted by Gasteiger charge is -2.25. The molecule has 0 saturated carbocycles. The van der Waals surface area contributed by atoms with Gasteiger partial charge < -0.3 is 0 Å². The van der Waals surface area contributed by atoms with Gasteiger partial charge in [0.1, 0.15) is 0 Å². The molecule has 0 unspecified atom stereocenters. The van der Waals surface area contributed by atoms with E-state index < -0.39 is 0 Å². The lowest BCUT2D eigenvalue weighted by molar-refractivity contribution is -0.119. The van der Waals surface area contributed by atoms with E-state index in [1.54, 1.807) is 0 Å². The Balaban J connectivity index is 1.50. The van der Waals surface area contributed by atoms with Crippen molar-refractivity contribution in [3.05, 3.63) is 48.5 Å². The number of aromatic amines is 1. The Morgan fingerprint density at radius 3 is 2.72 bits per heavy atom. The summed E-state index contributed by atoms with van der Waals surface area (Å²) in [7, 11) is 0. The summed E-state index contributed by atoms with van der Waals surface area (Å²) in [6, 6.07) is 8.29. The summed E-state index contributed by atoms with van der Waals surface area (Å²) in [6.07, 6.45) is 9.66. The van der Waals surface area contributed by atoms with Gasteiger partial charge in [0.2, 0.25) is 0 Å². The lowest BCUT2D eigenvalue weighted by Crippen LogP contribution is -2.35. The number of likely N-dealkylation sites (tertiary alicyclic amines) is 1. The topological polar surface area (TPSA) is 61.9 Å². The van der Waals surface area contributed by atoms with Crippen LogP contribution in [0, 0.1) is 0 Å². The molecule has 0 aliphatic carbocycles. The first-order valence-corrected chi connectivity index (χ1v) is 8.90. The van der Waals surface area contributed by atoms with Crippen molar-refractivity contribution in [3.8, 4) is 11.1 Å². The van der Waals surface area contributed by atoms with Crippen molar-refractivity contribution in [2.24, 2.45) is 0 Å². The van der Waals surface area contributed by atoms with Crippen molar-refractivity contribution < 1.29 is 4.79 Å². The van der Waals surface area contributed by atoms with Gasteiger partial charge in [-0.3, -0.25) is 19.8 Å². The van der Waals surface area contributed by atoms with Crippen molar-refractivity contribution in [3.63, 3.8) is 0 Å². The molecule has 0 radical (unpaired) electrons. The number of rotatable bonds is 5. The zero-order chi connectivity index (χ0) is 17.1. The van der Waals surface area contributed by atoms with E-state index in [1.165, 1.54) is 19.3 Å². The maximum atomic E-state index is 12.4. The predicted molar refractivity (Wildman–Crippen MR) is 98.3 cm³/mol. The molecule has 1 fully saturated rings. The molecular weight excluding hydrogens is 312 g/mol. The van der Waals surface area contributed by atoms with Crippen molar-refractivity contribution in [1.29, 1.82) is 0 Å². The molecule has 3 heterocycles. The molecule has 1 saturated heterocycles. The molecule has 0 amide bonds. The van der Waals surface area contributed by atoms with Crippen LogP contribution in [0.25, 0.3) is 21.9 Å². The minimum Gasteiger partial charge on any atom is -0.298 e. The maximum absolute atomic E-state index is 12.4. The number of hydrogen-bond donors (Lipinski definition) is 1. The van der Waals surface area contributed by atoms with E-state index in [1.807, 2.05) is 24.7 Å². The first-order chi connectivity index (χ1) is 12.3. The summed E-state index contributed by atoms with van der Waals surface area (Å²) in [5.41, 5.74) is 3.01. The largest absolute Gasteiger partial charge is 0.298 e. The van der Waals surface area contributed by atoms with Gasteiger partial charge in [0, 0.05) is 29.0 Å². The maximum Gasteiger partial charge on any atom is 0.152 e. The summed E-state index contributed by atoms with van der Waals surface area (Å²) >= 11 is 0. The Morgan fingerprint density at radius 2 is 1.92 bits per heavy atom. The smallest absolute Gasteiger partial charge is 0.152 e. The van der Waals surface area contributed by atoms with E-state index in [9.17, 15) is 4.79 Å². The van der Waals surface area contributed by atoms with Crippen LogP contribution >= 0.6 is 0 Å². The number of ketones is 1. The zero-order valence-corrected chi connectivity index (χ0v) is 14.2. The Kier molecular flexibility index (Phi) is 4.57. The highest BCUT2D eigenvalue weighted by Gasteiger charge is 2.14. The monoisotopic (exact) mass is 334 g/mol. The lowest BCUT2D eigenvalue weighted by atomic mass is 10.0. The number of carbonyl (C=O) groups is 1. The molecule has 1 aliphatic heterocycles. The van der Waals surface area contributed by atoms with Crippen molar-refractivity contribution in [2.75, 3.05) is 19.6 Å². The van der Waals surface area contributed by atoms with Gasteiger partial charge in [-0.1, -0.05) is 18.6 Å².